The average Bonchev–Trinajstić information content (AvgIpc) is 2.79. The van der Waals surface area contributed by atoms with E-state index in [1.807, 2.05) is 6.92 Å². The highest BCUT2D eigenvalue weighted by molar-refractivity contribution is 7.92. The van der Waals surface area contributed by atoms with Crippen LogP contribution in [0.25, 0.3) is 0 Å². The largest absolute Gasteiger partial charge is 0.354 e. The molecular formula is C11H16N2O3S3. The summed E-state index contributed by atoms with van der Waals surface area (Å²) in [5.74, 6) is 0.0849. The third kappa shape index (κ3) is 3.64. The number of aromatic nitrogens is 1. The molecule has 106 valence electrons. The second-order valence-electron chi connectivity index (χ2n) is 4.67. The molecule has 0 aromatic carbocycles. The van der Waals surface area contributed by atoms with E-state index in [0.29, 0.717) is 16.8 Å². The second kappa shape index (κ2) is 5.72. The Kier molecular flexibility index (Phi) is 4.42. The van der Waals surface area contributed by atoms with Crippen molar-refractivity contribution in [2.45, 2.75) is 31.4 Å². The van der Waals surface area contributed by atoms with E-state index in [0.717, 1.165) is 10.6 Å². The molecule has 8 heteroatoms. The monoisotopic (exact) mass is 320 g/mol. The molecule has 1 aliphatic rings. The van der Waals surface area contributed by atoms with Crippen LogP contribution in [0.2, 0.25) is 0 Å². The third-order valence-corrected chi connectivity index (χ3v) is 6.85. The van der Waals surface area contributed by atoms with Crippen molar-refractivity contribution in [3.05, 3.63) is 14.5 Å². The predicted octanol–water partition coefficient (Wildman–Crippen LogP) is 1.35. The molecule has 2 rings (SSSR count). The van der Waals surface area contributed by atoms with Gasteiger partial charge in [-0.05, 0) is 32.0 Å². The van der Waals surface area contributed by atoms with Gasteiger partial charge in [-0.2, -0.15) is 0 Å². The summed E-state index contributed by atoms with van der Waals surface area (Å²) < 4.78 is 23.9. The summed E-state index contributed by atoms with van der Waals surface area (Å²) in [6, 6.07) is 0. The maximum Gasteiger partial charge on any atom is 0.225 e. The lowest BCUT2D eigenvalue weighted by molar-refractivity contribution is -0.120. The van der Waals surface area contributed by atoms with Crippen LogP contribution in [-0.4, -0.2) is 36.9 Å². The number of hydrogen-bond donors (Lipinski definition) is 2. The molecule has 19 heavy (non-hydrogen) atoms. The zero-order valence-corrected chi connectivity index (χ0v) is 13.0. The van der Waals surface area contributed by atoms with Gasteiger partial charge in [0, 0.05) is 17.1 Å². The number of sulfone groups is 1. The Bertz CT molecular complexity index is 630. The highest BCUT2D eigenvalue weighted by Crippen LogP contribution is 2.19. The van der Waals surface area contributed by atoms with E-state index in [4.69, 9.17) is 12.2 Å². The molecular weight excluding hydrogens is 304 g/mol. The van der Waals surface area contributed by atoms with E-state index >= 15 is 0 Å². The topological polar surface area (TPSA) is 79.0 Å². The molecule has 1 aliphatic heterocycles. The summed E-state index contributed by atoms with van der Waals surface area (Å²) in [7, 11) is -2.99. The lowest BCUT2D eigenvalue weighted by atomic mass is 10.2. The zero-order chi connectivity index (χ0) is 14.0. The smallest absolute Gasteiger partial charge is 0.225 e. The number of hydrogen-bond acceptors (Lipinski definition) is 5. The SMILES string of the molecule is Cc1[nH]c(=S)sc1CC(=O)NC[C@H]1CCCS1(=O)=O. The van der Waals surface area contributed by atoms with Gasteiger partial charge in [0.2, 0.25) is 5.91 Å². The van der Waals surface area contributed by atoms with Gasteiger partial charge in [-0.1, -0.05) is 0 Å². The molecule has 1 atom stereocenters. The molecule has 1 aromatic heterocycles. The Balaban J connectivity index is 1.89. The Morgan fingerprint density at radius 3 is 2.84 bits per heavy atom. The summed E-state index contributed by atoms with van der Waals surface area (Å²) in [4.78, 5) is 15.7. The molecule has 1 aromatic rings. The fourth-order valence-electron chi connectivity index (χ4n) is 2.13. The summed E-state index contributed by atoms with van der Waals surface area (Å²) >= 11 is 6.39. The minimum absolute atomic E-state index is 0.157. The zero-order valence-electron chi connectivity index (χ0n) is 10.6. The van der Waals surface area contributed by atoms with Gasteiger partial charge in [0.1, 0.15) is 0 Å². The lowest BCUT2D eigenvalue weighted by Gasteiger charge is -2.10. The van der Waals surface area contributed by atoms with E-state index in [2.05, 4.69) is 10.3 Å². The maximum absolute atomic E-state index is 11.8. The molecule has 0 unspecified atom stereocenters. The number of H-pyrrole nitrogens is 1. The van der Waals surface area contributed by atoms with Crippen molar-refractivity contribution in [2.24, 2.45) is 0 Å². The Labute approximate surface area is 121 Å². The number of carbonyl (C=O) groups excluding carboxylic acids is 1. The van der Waals surface area contributed by atoms with Gasteiger partial charge in [0.05, 0.1) is 17.4 Å². The fourth-order valence-corrected chi connectivity index (χ4v) is 5.18. The highest BCUT2D eigenvalue weighted by Gasteiger charge is 2.31. The fraction of sp³-hybridized carbons (Fsp3) is 0.636. The minimum Gasteiger partial charge on any atom is -0.354 e. The van der Waals surface area contributed by atoms with Crippen molar-refractivity contribution in [1.82, 2.24) is 10.3 Å². The number of aryl methyl sites for hydroxylation is 1. The van der Waals surface area contributed by atoms with E-state index in [1.165, 1.54) is 11.3 Å². The van der Waals surface area contributed by atoms with Crippen molar-refractivity contribution < 1.29 is 13.2 Å². The number of amides is 1. The Morgan fingerprint density at radius 1 is 1.58 bits per heavy atom. The van der Waals surface area contributed by atoms with E-state index in [9.17, 15) is 13.2 Å². The highest BCUT2D eigenvalue weighted by atomic mass is 32.2. The minimum atomic E-state index is -2.99. The van der Waals surface area contributed by atoms with Crippen LogP contribution in [-0.2, 0) is 21.1 Å². The van der Waals surface area contributed by atoms with Crippen molar-refractivity contribution in [3.63, 3.8) is 0 Å². The standard InChI is InChI=1S/C11H16N2O3S3/c1-7-9(18-11(17)13-7)5-10(14)12-6-8-3-2-4-19(8,15)16/h8H,2-6H2,1H3,(H,12,14)(H,13,17)/t8-/m1/s1. The molecule has 0 spiro atoms. The molecule has 0 bridgehead atoms. The molecule has 2 N–H and O–H groups in total. The van der Waals surface area contributed by atoms with E-state index in [1.54, 1.807) is 0 Å². The Morgan fingerprint density at radius 2 is 2.32 bits per heavy atom. The van der Waals surface area contributed by atoms with Crippen molar-refractivity contribution in [1.29, 1.82) is 0 Å². The molecule has 2 heterocycles. The molecule has 0 radical (unpaired) electrons. The molecule has 1 amide bonds. The van der Waals surface area contributed by atoms with Crippen LogP contribution < -0.4 is 5.32 Å². The molecule has 0 saturated carbocycles. The molecule has 1 saturated heterocycles. The number of thiazole rings is 1. The van der Waals surface area contributed by atoms with Gasteiger partial charge in [-0.3, -0.25) is 4.79 Å². The van der Waals surface area contributed by atoms with Crippen LogP contribution >= 0.6 is 23.6 Å². The third-order valence-electron chi connectivity index (χ3n) is 3.23. The van der Waals surface area contributed by atoms with Gasteiger partial charge in [-0.25, -0.2) is 8.42 Å². The summed E-state index contributed by atoms with van der Waals surface area (Å²) in [6.07, 6.45) is 1.59. The summed E-state index contributed by atoms with van der Waals surface area (Å²) in [5.41, 5.74) is 0.902. The van der Waals surface area contributed by atoms with Crippen LogP contribution in [0.5, 0.6) is 0 Å². The molecule has 1 fully saturated rings. The van der Waals surface area contributed by atoms with Crippen LogP contribution in [0.1, 0.15) is 23.4 Å². The average molecular weight is 320 g/mol. The normalized spacial score (nSPS) is 21.4. The van der Waals surface area contributed by atoms with Crippen LogP contribution in [0.4, 0.5) is 0 Å². The number of aromatic amines is 1. The maximum atomic E-state index is 11.8. The van der Waals surface area contributed by atoms with Crippen LogP contribution in [0.3, 0.4) is 0 Å². The summed E-state index contributed by atoms with van der Waals surface area (Å²) in [6.45, 7) is 2.09. The van der Waals surface area contributed by atoms with Crippen LogP contribution in [0, 0.1) is 10.9 Å². The van der Waals surface area contributed by atoms with E-state index in [-0.39, 0.29) is 24.6 Å². The first-order valence-corrected chi connectivity index (χ1v) is 8.99. The second-order valence-corrected chi connectivity index (χ2v) is 8.85. The van der Waals surface area contributed by atoms with Crippen molar-refractivity contribution in [3.8, 4) is 0 Å². The lowest BCUT2D eigenvalue weighted by Crippen LogP contribution is -2.35. The van der Waals surface area contributed by atoms with Crippen LogP contribution in [0.15, 0.2) is 0 Å². The Hall–Kier alpha value is -0.730. The first-order valence-electron chi connectivity index (χ1n) is 6.05. The summed E-state index contributed by atoms with van der Waals surface area (Å²) in [5, 5.41) is 2.29. The first kappa shape index (κ1) is 14.7. The number of carbonyl (C=O) groups is 1. The molecule has 5 nitrogen and oxygen atoms in total. The van der Waals surface area contributed by atoms with Gasteiger partial charge < -0.3 is 10.3 Å². The predicted molar refractivity (Wildman–Crippen MR) is 77.8 cm³/mol. The number of rotatable bonds is 4. The van der Waals surface area contributed by atoms with Gasteiger partial charge in [0.25, 0.3) is 0 Å². The molecule has 0 aliphatic carbocycles. The number of nitrogens with one attached hydrogen (secondary N) is 2. The first-order chi connectivity index (χ1) is 8.88. The van der Waals surface area contributed by atoms with Gasteiger partial charge >= 0.3 is 0 Å². The van der Waals surface area contributed by atoms with E-state index < -0.39 is 15.1 Å². The van der Waals surface area contributed by atoms with Crippen molar-refractivity contribution in [2.75, 3.05) is 12.3 Å². The van der Waals surface area contributed by atoms with Gasteiger partial charge in [0.15, 0.2) is 13.8 Å². The quantitative estimate of drug-likeness (QED) is 0.821. The van der Waals surface area contributed by atoms with Gasteiger partial charge in [-0.15, -0.1) is 11.3 Å². The van der Waals surface area contributed by atoms with Crippen molar-refractivity contribution >= 4 is 39.3 Å².